The molecule has 0 amide bonds. The van der Waals surface area contributed by atoms with E-state index in [4.69, 9.17) is 24.5 Å². The number of benzene rings is 1. The lowest BCUT2D eigenvalue weighted by molar-refractivity contribution is -0.169. The summed E-state index contributed by atoms with van der Waals surface area (Å²) in [4.78, 5) is 41.9. The molecule has 5 rings (SSSR count). The number of pyridine rings is 1. The van der Waals surface area contributed by atoms with Crippen LogP contribution >= 0.6 is 19.9 Å². The number of aliphatic hydroxyl groups excluding tert-OH is 1. The number of aliphatic hydroxyl groups is 2. The predicted molar refractivity (Wildman–Crippen MR) is 169 cm³/mol. The summed E-state index contributed by atoms with van der Waals surface area (Å²) in [5, 5.41) is 23.5. The van der Waals surface area contributed by atoms with Crippen molar-refractivity contribution < 1.29 is 38.6 Å². The summed E-state index contributed by atoms with van der Waals surface area (Å²) < 4.78 is 28.0. The molecule has 1 aliphatic heterocycles. The fourth-order valence-corrected chi connectivity index (χ4v) is 5.94. The number of aromatic nitrogens is 5. The molecule has 6 atom stereocenters. The molecule has 4 N–H and O–H groups in total. The molecule has 1 saturated heterocycles. The van der Waals surface area contributed by atoms with E-state index in [-0.39, 0.29) is 36.2 Å². The van der Waals surface area contributed by atoms with Crippen LogP contribution in [0.3, 0.4) is 0 Å². The van der Waals surface area contributed by atoms with E-state index in [0.29, 0.717) is 27.1 Å². The number of rotatable bonds is 10. The molecule has 4 aromatic rings. The van der Waals surface area contributed by atoms with Crippen LogP contribution in [0.4, 0.5) is 5.95 Å². The molecular formula is C29H36N7O8PS. The fourth-order valence-electron chi connectivity index (χ4n) is 4.70. The van der Waals surface area contributed by atoms with E-state index in [0.717, 1.165) is 0 Å². The zero-order valence-corrected chi connectivity index (χ0v) is 27.9. The average Bonchev–Trinajstić information content (AvgIpc) is 3.50. The zero-order chi connectivity index (χ0) is 33.4. The van der Waals surface area contributed by atoms with E-state index >= 15 is 0 Å². The molecule has 1 fully saturated rings. The molecule has 1 unspecified atom stereocenters. The van der Waals surface area contributed by atoms with E-state index in [2.05, 4.69) is 24.7 Å². The van der Waals surface area contributed by atoms with Crippen molar-refractivity contribution in [1.29, 1.82) is 0 Å². The number of ether oxygens (including phenoxy) is 3. The number of imidazole rings is 1. The summed E-state index contributed by atoms with van der Waals surface area (Å²) in [6, 6.07) is 7.27. The van der Waals surface area contributed by atoms with E-state index < -0.39 is 44.2 Å². The molecule has 0 saturated carbocycles. The Labute approximate surface area is 270 Å². The first-order valence-corrected chi connectivity index (χ1v) is 16.7. The Kier molecular flexibility index (Phi) is 9.68. The standard InChI is InChI=1S/C29H36N7O8PS/c1-15(25(38)42-13-28(2,3)4)35-45(40)44-17-8-9-18-16(11-17)7-10-20(32-18)41-12-19-22(37)29(5,39)26(43-19)36-14-31-21-23(36)33-27(30)34-24(21)46-6/h7-11,14-15,19,22,26,37,39H,12-13H2,1-6H3,(H2,30,33,34)/t15-,19+,22+,26+,29+/m0/s1. The molecule has 3 aromatic heterocycles. The van der Waals surface area contributed by atoms with Crippen molar-refractivity contribution in [2.24, 2.45) is 10.2 Å². The predicted octanol–water partition coefficient (Wildman–Crippen LogP) is 2.98. The molecule has 4 heterocycles. The number of carbonyl (C=O) groups is 1. The van der Waals surface area contributed by atoms with Crippen LogP contribution in [-0.4, -0.2) is 84.0 Å². The van der Waals surface area contributed by atoms with Crippen molar-refractivity contribution in [2.45, 2.75) is 69.7 Å². The van der Waals surface area contributed by atoms with Crippen LogP contribution in [0.15, 0.2) is 46.4 Å². The van der Waals surface area contributed by atoms with Crippen molar-refractivity contribution in [3.05, 3.63) is 36.7 Å². The molecule has 0 bridgehead atoms. The van der Waals surface area contributed by atoms with E-state index in [9.17, 15) is 19.9 Å². The SMILES string of the molecule is CSc1nc(N)nc2c1ncn2[C@@H]1O[C@H](COc2ccc3cc(O[P+]([O-])=N[C@@H](C)C(=O)OCC(C)(C)C)ccc3n2)[C@@H](O)[C@@]1(C)O. The van der Waals surface area contributed by atoms with Gasteiger partial charge in [0.05, 0.1) is 18.5 Å². The second kappa shape index (κ2) is 13.2. The molecule has 0 spiro atoms. The number of nitrogens with two attached hydrogens (primary N) is 1. The molecule has 1 aromatic carbocycles. The lowest BCUT2D eigenvalue weighted by Gasteiger charge is -2.27. The van der Waals surface area contributed by atoms with Crippen LogP contribution in [0.25, 0.3) is 22.1 Å². The maximum absolute atomic E-state index is 12.5. The number of esters is 1. The summed E-state index contributed by atoms with van der Waals surface area (Å²) in [5.74, 6) is 0.000718. The van der Waals surface area contributed by atoms with Crippen molar-refractivity contribution >= 4 is 53.9 Å². The van der Waals surface area contributed by atoms with Crippen molar-refractivity contribution in [3.8, 4) is 11.6 Å². The van der Waals surface area contributed by atoms with Crippen molar-refractivity contribution in [1.82, 2.24) is 24.5 Å². The summed E-state index contributed by atoms with van der Waals surface area (Å²) in [5.41, 5.74) is 5.38. The molecule has 46 heavy (non-hydrogen) atoms. The third-order valence-electron chi connectivity index (χ3n) is 7.08. The number of carbonyl (C=O) groups excluding carboxylic acids is 1. The monoisotopic (exact) mass is 673 g/mol. The minimum atomic E-state index is -2.53. The second-order valence-corrected chi connectivity index (χ2v) is 13.9. The third kappa shape index (κ3) is 7.32. The minimum Gasteiger partial charge on any atom is -0.575 e. The van der Waals surface area contributed by atoms with Crippen LogP contribution in [0, 0.1) is 5.41 Å². The van der Waals surface area contributed by atoms with Gasteiger partial charge in [0.25, 0.3) is 0 Å². The number of nitrogens with zero attached hydrogens (tertiary/aromatic N) is 6. The smallest absolute Gasteiger partial charge is 0.395 e. The average molecular weight is 674 g/mol. The number of anilines is 1. The van der Waals surface area contributed by atoms with Crippen LogP contribution in [0.1, 0.15) is 40.8 Å². The number of hydrogen-bond donors (Lipinski definition) is 3. The van der Waals surface area contributed by atoms with Crippen molar-refractivity contribution in [2.75, 3.05) is 25.2 Å². The molecule has 246 valence electrons. The lowest BCUT2D eigenvalue weighted by atomic mass is 9.96. The van der Waals surface area contributed by atoms with E-state index in [1.54, 1.807) is 30.3 Å². The van der Waals surface area contributed by atoms with Gasteiger partial charge in [-0.05, 0) is 49.8 Å². The van der Waals surface area contributed by atoms with Gasteiger partial charge in [0.15, 0.2) is 23.7 Å². The zero-order valence-electron chi connectivity index (χ0n) is 26.1. The van der Waals surface area contributed by atoms with Gasteiger partial charge in [-0.25, -0.2) is 19.7 Å². The van der Waals surface area contributed by atoms with Gasteiger partial charge in [-0.2, -0.15) is 4.98 Å². The highest BCUT2D eigenvalue weighted by Gasteiger charge is 2.54. The van der Waals surface area contributed by atoms with Crippen LogP contribution in [0.5, 0.6) is 11.6 Å². The fraction of sp³-hybridized carbons (Fsp3) is 0.483. The first kappa shape index (κ1) is 33.7. The van der Waals surface area contributed by atoms with Crippen molar-refractivity contribution in [3.63, 3.8) is 0 Å². The highest BCUT2D eigenvalue weighted by Crippen LogP contribution is 2.40. The largest absolute Gasteiger partial charge is 0.575 e. The van der Waals surface area contributed by atoms with Gasteiger partial charge in [-0.3, -0.25) is 9.09 Å². The molecule has 1 aliphatic rings. The van der Waals surface area contributed by atoms with E-state index in [1.165, 1.54) is 36.5 Å². The minimum absolute atomic E-state index is 0.0461. The maximum Gasteiger partial charge on any atom is 0.395 e. The van der Waals surface area contributed by atoms with Gasteiger partial charge in [0.2, 0.25) is 11.8 Å². The Balaban J connectivity index is 1.23. The summed E-state index contributed by atoms with van der Waals surface area (Å²) in [7, 11) is -2.53. The summed E-state index contributed by atoms with van der Waals surface area (Å²) >= 11 is 1.36. The summed E-state index contributed by atoms with van der Waals surface area (Å²) in [6.45, 7) is 8.86. The highest BCUT2D eigenvalue weighted by atomic mass is 32.2. The first-order valence-electron chi connectivity index (χ1n) is 14.3. The maximum atomic E-state index is 12.5. The second-order valence-electron chi connectivity index (χ2n) is 12.2. The van der Waals surface area contributed by atoms with Crippen LogP contribution in [-0.2, 0) is 14.3 Å². The van der Waals surface area contributed by atoms with Crippen LogP contribution in [0.2, 0.25) is 0 Å². The Morgan fingerprint density at radius 3 is 2.76 bits per heavy atom. The number of thioether (sulfide) groups is 1. The lowest BCUT2D eigenvalue weighted by Crippen LogP contribution is -2.44. The Bertz CT molecular complexity index is 1780. The van der Waals surface area contributed by atoms with E-state index in [1.807, 2.05) is 27.0 Å². The van der Waals surface area contributed by atoms with Gasteiger partial charge >= 0.3 is 14.1 Å². The number of nitrogen functional groups attached to an aromatic ring is 1. The molecule has 17 heteroatoms. The molecule has 15 nitrogen and oxygen atoms in total. The number of hydrogen-bond acceptors (Lipinski definition) is 15. The topological polar surface area (TPSA) is 212 Å². The van der Waals surface area contributed by atoms with Gasteiger partial charge in [0.1, 0.15) is 35.0 Å². The Morgan fingerprint density at radius 2 is 2.04 bits per heavy atom. The highest BCUT2D eigenvalue weighted by molar-refractivity contribution is 7.98. The molecule has 0 radical (unpaired) electrons. The molecular weight excluding hydrogens is 637 g/mol. The van der Waals surface area contributed by atoms with Gasteiger partial charge < -0.3 is 35.1 Å². The normalized spacial score (nSPS) is 22.7. The first-order chi connectivity index (χ1) is 21.7. The van der Waals surface area contributed by atoms with Gasteiger partial charge in [-0.1, -0.05) is 25.5 Å². The number of fused-ring (bicyclic) bond motifs is 2. The van der Waals surface area contributed by atoms with Gasteiger partial charge in [0, 0.05) is 11.5 Å². The van der Waals surface area contributed by atoms with Gasteiger partial charge in [-0.15, -0.1) is 11.8 Å². The third-order valence-corrected chi connectivity index (χ3v) is 8.65. The summed E-state index contributed by atoms with van der Waals surface area (Å²) in [6.07, 6.45) is 0.0275. The molecule has 0 aliphatic carbocycles. The Morgan fingerprint density at radius 1 is 1.28 bits per heavy atom. The van der Waals surface area contributed by atoms with Crippen LogP contribution < -0.4 is 19.9 Å². The quantitative estimate of drug-likeness (QED) is 0.0956. The Hall–Kier alpha value is -3.66.